The van der Waals surface area contributed by atoms with Crippen LogP contribution in [-0.2, 0) is 4.74 Å². The fourth-order valence-corrected chi connectivity index (χ4v) is 2.99. The molecule has 1 heterocycles. The molecule has 0 saturated carbocycles. The van der Waals surface area contributed by atoms with Crippen LogP contribution in [0.15, 0.2) is 0 Å². The maximum Gasteiger partial charge on any atom is 0.0637 e. The third-order valence-corrected chi connectivity index (χ3v) is 4.29. The molecule has 3 heteroatoms. The van der Waals surface area contributed by atoms with Gasteiger partial charge in [0.05, 0.1) is 5.60 Å². The number of ether oxygens (including phenoxy) is 1. The molecular formula is C16H34N2O. The SMILES string of the molecule is CCCCN1CCC(NC(C)CC(C)(C)OC)CC1. The highest BCUT2D eigenvalue weighted by atomic mass is 16.5. The van der Waals surface area contributed by atoms with Crippen molar-refractivity contribution in [2.24, 2.45) is 0 Å². The minimum absolute atomic E-state index is 0.0196. The van der Waals surface area contributed by atoms with E-state index in [1.165, 1.54) is 45.3 Å². The Morgan fingerprint density at radius 2 is 1.95 bits per heavy atom. The van der Waals surface area contributed by atoms with Gasteiger partial charge in [0.1, 0.15) is 0 Å². The van der Waals surface area contributed by atoms with Gasteiger partial charge in [-0.1, -0.05) is 13.3 Å². The van der Waals surface area contributed by atoms with Crippen LogP contribution in [-0.4, -0.2) is 49.3 Å². The van der Waals surface area contributed by atoms with E-state index in [1.807, 2.05) is 0 Å². The molecule has 0 amide bonds. The summed E-state index contributed by atoms with van der Waals surface area (Å²) in [6, 6.07) is 1.22. The number of piperidine rings is 1. The number of rotatable bonds is 8. The lowest BCUT2D eigenvalue weighted by Crippen LogP contribution is -2.47. The lowest BCUT2D eigenvalue weighted by atomic mass is 9.97. The second kappa shape index (κ2) is 8.23. The van der Waals surface area contributed by atoms with Crippen LogP contribution >= 0.6 is 0 Å². The Bertz CT molecular complexity index is 235. The Balaban J connectivity index is 2.21. The van der Waals surface area contributed by atoms with Gasteiger partial charge in [0.2, 0.25) is 0 Å². The third kappa shape index (κ3) is 6.73. The Morgan fingerprint density at radius 1 is 1.32 bits per heavy atom. The van der Waals surface area contributed by atoms with Crippen molar-refractivity contribution >= 4 is 0 Å². The summed E-state index contributed by atoms with van der Waals surface area (Å²) in [6.45, 7) is 12.7. The summed E-state index contributed by atoms with van der Waals surface area (Å²) in [5.74, 6) is 0. The molecule has 0 radical (unpaired) electrons. The first-order valence-corrected chi connectivity index (χ1v) is 8.00. The van der Waals surface area contributed by atoms with Crippen molar-refractivity contribution in [3.05, 3.63) is 0 Å². The number of unbranched alkanes of at least 4 members (excludes halogenated alkanes) is 1. The Labute approximate surface area is 120 Å². The summed E-state index contributed by atoms with van der Waals surface area (Å²) in [5.41, 5.74) is -0.0196. The molecule has 3 nitrogen and oxygen atoms in total. The van der Waals surface area contributed by atoms with E-state index in [4.69, 9.17) is 4.74 Å². The van der Waals surface area contributed by atoms with Crippen LogP contribution < -0.4 is 5.32 Å². The van der Waals surface area contributed by atoms with Gasteiger partial charge in [0.15, 0.2) is 0 Å². The normalized spacial score (nSPS) is 20.7. The minimum atomic E-state index is -0.0196. The van der Waals surface area contributed by atoms with Crippen molar-refractivity contribution in [3.8, 4) is 0 Å². The molecule has 0 aromatic carbocycles. The van der Waals surface area contributed by atoms with Gasteiger partial charge < -0.3 is 15.0 Å². The number of methoxy groups -OCH3 is 1. The van der Waals surface area contributed by atoms with Crippen molar-refractivity contribution in [2.75, 3.05) is 26.7 Å². The molecule has 1 aliphatic rings. The Morgan fingerprint density at radius 3 is 2.47 bits per heavy atom. The summed E-state index contributed by atoms with van der Waals surface area (Å²) in [4.78, 5) is 2.62. The molecular weight excluding hydrogens is 236 g/mol. The second-order valence-corrected chi connectivity index (χ2v) is 6.71. The predicted molar refractivity (Wildman–Crippen MR) is 82.7 cm³/mol. The first-order chi connectivity index (χ1) is 8.96. The van der Waals surface area contributed by atoms with E-state index >= 15 is 0 Å². The molecule has 0 aliphatic carbocycles. The van der Waals surface area contributed by atoms with Crippen LogP contribution in [0.5, 0.6) is 0 Å². The average molecular weight is 270 g/mol. The molecule has 19 heavy (non-hydrogen) atoms. The number of likely N-dealkylation sites (tertiary alicyclic amines) is 1. The molecule has 0 aromatic heterocycles. The standard InChI is InChI=1S/C16H34N2O/c1-6-7-10-18-11-8-15(9-12-18)17-14(2)13-16(3,4)19-5/h14-15,17H,6-13H2,1-5H3. The number of hydrogen-bond acceptors (Lipinski definition) is 3. The number of nitrogens with zero attached hydrogens (tertiary/aromatic N) is 1. The van der Waals surface area contributed by atoms with Gasteiger partial charge in [0.25, 0.3) is 0 Å². The van der Waals surface area contributed by atoms with E-state index in [0.717, 1.165) is 6.42 Å². The third-order valence-electron chi connectivity index (χ3n) is 4.29. The summed E-state index contributed by atoms with van der Waals surface area (Å²) >= 11 is 0. The van der Waals surface area contributed by atoms with Gasteiger partial charge in [0, 0.05) is 19.2 Å². The lowest BCUT2D eigenvalue weighted by Gasteiger charge is -2.35. The topological polar surface area (TPSA) is 24.5 Å². The van der Waals surface area contributed by atoms with Crippen LogP contribution in [0, 0.1) is 0 Å². The minimum Gasteiger partial charge on any atom is -0.379 e. The molecule has 1 fully saturated rings. The first-order valence-electron chi connectivity index (χ1n) is 8.00. The van der Waals surface area contributed by atoms with E-state index < -0.39 is 0 Å². The monoisotopic (exact) mass is 270 g/mol. The molecule has 114 valence electrons. The smallest absolute Gasteiger partial charge is 0.0637 e. The molecule has 1 rings (SSSR count). The highest BCUT2D eigenvalue weighted by molar-refractivity contribution is 4.82. The Kier molecular flexibility index (Phi) is 7.33. The predicted octanol–water partition coefficient (Wildman–Crippen LogP) is 3.04. The lowest BCUT2D eigenvalue weighted by molar-refractivity contribution is 0.00690. The molecule has 1 N–H and O–H groups in total. The zero-order valence-corrected chi connectivity index (χ0v) is 13.7. The van der Waals surface area contributed by atoms with Gasteiger partial charge >= 0.3 is 0 Å². The molecule has 0 aromatic rings. The maximum absolute atomic E-state index is 5.51. The molecule has 0 spiro atoms. The van der Waals surface area contributed by atoms with Crippen molar-refractivity contribution in [3.63, 3.8) is 0 Å². The fraction of sp³-hybridized carbons (Fsp3) is 1.00. The number of nitrogens with one attached hydrogen (secondary N) is 1. The van der Waals surface area contributed by atoms with Crippen LogP contribution in [0.3, 0.4) is 0 Å². The van der Waals surface area contributed by atoms with E-state index in [0.29, 0.717) is 12.1 Å². The Hall–Kier alpha value is -0.120. The molecule has 0 bridgehead atoms. The largest absolute Gasteiger partial charge is 0.379 e. The van der Waals surface area contributed by atoms with Crippen LogP contribution in [0.2, 0.25) is 0 Å². The summed E-state index contributed by atoms with van der Waals surface area (Å²) in [5, 5.41) is 3.78. The summed E-state index contributed by atoms with van der Waals surface area (Å²) in [7, 11) is 1.80. The average Bonchev–Trinajstić information content (AvgIpc) is 2.37. The summed E-state index contributed by atoms with van der Waals surface area (Å²) in [6.07, 6.45) is 6.31. The van der Waals surface area contributed by atoms with E-state index in [9.17, 15) is 0 Å². The van der Waals surface area contributed by atoms with Crippen LogP contribution in [0.1, 0.15) is 59.8 Å². The van der Waals surface area contributed by atoms with E-state index in [-0.39, 0.29) is 5.60 Å². The van der Waals surface area contributed by atoms with Crippen LogP contribution in [0.25, 0.3) is 0 Å². The highest BCUT2D eigenvalue weighted by Gasteiger charge is 2.24. The first kappa shape index (κ1) is 16.9. The molecule has 1 saturated heterocycles. The zero-order chi connectivity index (χ0) is 14.3. The zero-order valence-electron chi connectivity index (χ0n) is 13.7. The maximum atomic E-state index is 5.51. The van der Waals surface area contributed by atoms with Crippen LogP contribution in [0.4, 0.5) is 0 Å². The van der Waals surface area contributed by atoms with Crippen molar-refractivity contribution < 1.29 is 4.74 Å². The van der Waals surface area contributed by atoms with Crippen molar-refractivity contribution in [1.29, 1.82) is 0 Å². The van der Waals surface area contributed by atoms with Gasteiger partial charge in [-0.05, 0) is 66.1 Å². The van der Waals surface area contributed by atoms with Gasteiger partial charge in [-0.15, -0.1) is 0 Å². The molecule has 1 atom stereocenters. The van der Waals surface area contributed by atoms with Crippen molar-refractivity contribution in [1.82, 2.24) is 10.2 Å². The molecule has 1 aliphatic heterocycles. The highest BCUT2D eigenvalue weighted by Crippen LogP contribution is 2.18. The number of hydrogen-bond donors (Lipinski definition) is 1. The van der Waals surface area contributed by atoms with Gasteiger partial charge in [-0.25, -0.2) is 0 Å². The van der Waals surface area contributed by atoms with E-state index in [2.05, 4.69) is 37.9 Å². The van der Waals surface area contributed by atoms with Gasteiger partial charge in [-0.3, -0.25) is 0 Å². The fourth-order valence-electron chi connectivity index (χ4n) is 2.99. The summed E-state index contributed by atoms with van der Waals surface area (Å²) < 4.78 is 5.51. The molecule has 1 unspecified atom stereocenters. The van der Waals surface area contributed by atoms with Gasteiger partial charge in [-0.2, -0.15) is 0 Å². The quantitative estimate of drug-likeness (QED) is 0.733. The van der Waals surface area contributed by atoms with E-state index in [1.54, 1.807) is 7.11 Å². The van der Waals surface area contributed by atoms with Crippen molar-refractivity contribution in [2.45, 2.75) is 77.5 Å². The second-order valence-electron chi connectivity index (χ2n) is 6.71.